The topological polar surface area (TPSA) is 140 Å². The van der Waals surface area contributed by atoms with E-state index in [-0.39, 0.29) is 17.2 Å². The van der Waals surface area contributed by atoms with Crippen molar-refractivity contribution < 1.29 is 38.2 Å². The Bertz CT molecular complexity index is 1080. The second-order valence-corrected chi connectivity index (χ2v) is 13.8. The van der Waals surface area contributed by atoms with Gasteiger partial charge in [-0.15, -0.1) is 35.3 Å². The zero-order valence-corrected chi connectivity index (χ0v) is 24.8. The number of nitrogens with one attached hydrogen (secondary N) is 2. The van der Waals surface area contributed by atoms with Gasteiger partial charge in [0, 0.05) is 23.3 Å². The molecule has 0 aromatic carbocycles. The summed E-state index contributed by atoms with van der Waals surface area (Å²) in [5.74, 6) is -0.807. The first-order valence-electron chi connectivity index (χ1n) is 11.9. The third-order valence-electron chi connectivity index (χ3n) is 4.97. The lowest BCUT2D eigenvalue weighted by atomic mass is 10.0. The average Bonchev–Trinajstić information content (AvgIpc) is 2.78. The minimum absolute atomic E-state index is 0.0244. The molecular weight excluding hydrogens is 554 g/mol. The van der Waals surface area contributed by atoms with Crippen molar-refractivity contribution in [3.63, 3.8) is 0 Å². The standard InChI is InChI=1S/C24H33N3O8S3/c1-12(28)33-13-10-38-20-16(19(30)27(20)17(13)21(31)34-23(2,3)4)25-18(29)15(14-11-36-8-9-37-14)26-22(32)35-24(5,6)7/h11,15-16,20H,8-10H2,1-7H3,(H,25,29)(H,26,32). The molecule has 38 heavy (non-hydrogen) atoms. The molecule has 1 fully saturated rings. The Morgan fingerprint density at radius 3 is 2.26 bits per heavy atom. The van der Waals surface area contributed by atoms with Gasteiger partial charge in [-0.05, 0) is 47.0 Å². The van der Waals surface area contributed by atoms with Crippen molar-refractivity contribution in [1.82, 2.24) is 15.5 Å². The SMILES string of the molecule is CC(=O)OC1=C(C(=O)OC(C)(C)C)N2C(=O)C(NC(=O)C(NC(=O)OC(C)(C)C)C3=CSCCS3)C2SC1. The summed E-state index contributed by atoms with van der Waals surface area (Å²) in [6.07, 6.45) is -0.760. The molecule has 3 unspecified atom stereocenters. The van der Waals surface area contributed by atoms with E-state index in [1.807, 2.05) is 5.41 Å². The Morgan fingerprint density at radius 2 is 1.71 bits per heavy atom. The van der Waals surface area contributed by atoms with Gasteiger partial charge in [0.15, 0.2) is 5.70 Å². The number of rotatable bonds is 6. The van der Waals surface area contributed by atoms with Gasteiger partial charge in [-0.2, -0.15) is 0 Å². The molecule has 2 N–H and O–H groups in total. The van der Waals surface area contributed by atoms with Crippen LogP contribution >= 0.6 is 35.3 Å². The van der Waals surface area contributed by atoms with Crippen LogP contribution in [-0.2, 0) is 33.4 Å². The zero-order valence-electron chi connectivity index (χ0n) is 22.4. The first-order valence-corrected chi connectivity index (χ1v) is 15.0. The van der Waals surface area contributed by atoms with Crippen LogP contribution in [-0.4, -0.2) is 80.7 Å². The molecule has 210 valence electrons. The van der Waals surface area contributed by atoms with Gasteiger partial charge in [-0.1, -0.05) is 0 Å². The van der Waals surface area contributed by atoms with Gasteiger partial charge in [0.25, 0.3) is 5.91 Å². The second kappa shape index (κ2) is 11.8. The highest BCUT2D eigenvalue weighted by molar-refractivity contribution is 8.09. The Morgan fingerprint density at radius 1 is 1.05 bits per heavy atom. The molecule has 3 amide bonds. The number of fused-ring (bicyclic) bond motifs is 1. The molecule has 0 aromatic rings. The maximum absolute atomic E-state index is 13.4. The van der Waals surface area contributed by atoms with E-state index < -0.39 is 58.5 Å². The average molecular weight is 588 g/mol. The second-order valence-electron chi connectivity index (χ2n) is 10.6. The lowest BCUT2D eigenvalue weighted by Crippen LogP contribution is -2.72. The van der Waals surface area contributed by atoms with E-state index in [1.165, 1.54) is 47.1 Å². The smallest absolute Gasteiger partial charge is 0.408 e. The summed E-state index contributed by atoms with van der Waals surface area (Å²) < 4.78 is 16.0. The summed E-state index contributed by atoms with van der Waals surface area (Å²) >= 11 is 4.21. The molecule has 0 saturated carbocycles. The lowest BCUT2D eigenvalue weighted by Gasteiger charge is -2.49. The molecule has 3 aliphatic rings. The maximum Gasteiger partial charge on any atom is 0.408 e. The van der Waals surface area contributed by atoms with E-state index >= 15 is 0 Å². The summed E-state index contributed by atoms with van der Waals surface area (Å²) in [7, 11) is 0. The molecule has 0 radical (unpaired) electrons. The van der Waals surface area contributed by atoms with Crippen molar-refractivity contribution in [2.75, 3.05) is 17.3 Å². The highest BCUT2D eigenvalue weighted by Gasteiger charge is 2.56. The van der Waals surface area contributed by atoms with Gasteiger partial charge in [0.1, 0.15) is 34.4 Å². The first-order chi connectivity index (χ1) is 17.6. The molecule has 11 nitrogen and oxygen atoms in total. The van der Waals surface area contributed by atoms with Crippen LogP contribution in [0.5, 0.6) is 0 Å². The van der Waals surface area contributed by atoms with E-state index in [9.17, 15) is 24.0 Å². The Kier molecular flexibility index (Phi) is 9.40. The maximum atomic E-state index is 13.4. The highest BCUT2D eigenvalue weighted by Crippen LogP contribution is 2.41. The van der Waals surface area contributed by atoms with Gasteiger partial charge in [0.05, 0.1) is 5.75 Å². The van der Waals surface area contributed by atoms with Gasteiger partial charge < -0.3 is 24.8 Å². The van der Waals surface area contributed by atoms with E-state index in [1.54, 1.807) is 41.5 Å². The molecule has 1 saturated heterocycles. The van der Waals surface area contributed by atoms with Crippen LogP contribution in [0.15, 0.2) is 21.8 Å². The van der Waals surface area contributed by atoms with Crippen molar-refractivity contribution in [3.8, 4) is 0 Å². The lowest BCUT2D eigenvalue weighted by molar-refractivity contribution is -0.159. The summed E-state index contributed by atoms with van der Waals surface area (Å²) in [5.41, 5.74) is -1.77. The largest absolute Gasteiger partial charge is 0.455 e. The molecular formula is C24H33N3O8S3. The van der Waals surface area contributed by atoms with Crippen molar-refractivity contribution in [3.05, 3.63) is 21.8 Å². The fourth-order valence-electron chi connectivity index (χ4n) is 3.62. The zero-order chi connectivity index (χ0) is 28.4. The van der Waals surface area contributed by atoms with Gasteiger partial charge in [0.2, 0.25) is 5.91 Å². The fraction of sp³-hybridized carbons (Fsp3) is 0.625. The van der Waals surface area contributed by atoms with Crippen LogP contribution < -0.4 is 10.6 Å². The Labute approximate surface area is 234 Å². The van der Waals surface area contributed by atoms with Crippen LogP contribution in [0.2, 0.25) is 0 Å². The third kappa shape index (κ3) is 7.63. The van der Waals surface area contributed by atoms with Crippen molar-refractivity contribution >= 4 is 65.1 Å². The van der Waals surface area contributed by atoms with Crippen LogP contribution in [0, 0.1) is 0 Å². The number of hydrogen-bond acceptors (Lipinski definition) is 11. The predicted molar refractivity (Wildman–Crippen MR) is 146 cm³/mol. The van der Waals surface area contributed by atoms with Crippen LogP contribution in [0.25, 0.3) is 0 Å². The van der Waals surface area contributed by atoms with Gasteiger partial charge >= 0.3 is 18.0 Å². The van der Waals surface area contributed by atoms with Gasteiger partial charge in [-0.3, -0.25) is 19.3 Å². The number of carbonyl (C=O) groups excluding carboxylic acids is 5. The molecule has 3 atom stereocenters. The molecule has 3 aliphatic heterocycles. The minimum Gasteiger partial charge on any atom is -0.455 e. The van der Waals surface area contributed by atoms with Crippen LogP contribution in [0.4, 0.5) is 4.79 Å². The first kappa shape index (κ1) is 30.2. The number of thioether (sulfide) groups is 3. The van der Waals surface area contributed by atoms with Gasteiger partial charge in [-0.25, -0.2) is 9.59 Å². The van der Waals surface area contributed by atoms with E-state index in [2.05, 4.69) is 10.6 Å². The normalized spacial score (nSPS) is 22.3. The molecule has 0 aromatic heterocycles. The minimum atomic E-state index is -1.06. The summed E-state index contributed by atoms with van der Waals surface area (Å²) in [4.78, 5) is 65.5. The van der Waals surface area contributed by atoms with E-state index in [4.69, 9.17) is 14.2 Å². The summed E-state index contributed by atoms with van der Waals surface area (Å²) in [6.45, 7) is 11.4. The number of carbonyl (C=O) groups is 5. The van der Waals surface area contributed by atoms with E-state index in [0.717, 1.165) is 11.5 Å². The Balaban J connectivity index is 1.80. The number of ether oxygens (including phenoxy) is 3. The predicted octanol–water partition coefficient (Wildman–Crippen LogP) is 2.72. The molecule has 0 bridgehead atoms. The number of nitrogens with zero attached hydrogens (tertiary/aromatic N) is 1. The monoisotopic (exact) mass is 587 g/mol. The highest BCUT2D eigenvalue weighted by atomic mass is 32.2. The van der Waals surface area contributed by atoms with Crippen LogP contribution in [0.3, 0.4) is 0 Å². The molecule has 0 aliphatic carbocycles. The molecule has 3 rings (SSSR count). The number of alkyl carbamates (subject to hydrolysis) is 1. The van der Waals surface area contributed by atoms with Crippen molar-refractivity contribution in [2.45, 2.75) is 77.1 Å². The summed E-state index contributed by atoms with van der Waals surface area (Å²) in [6, 6.07) is -2.02. The van der Waals surface area contributed by atoms with Crippen LogP contribution in [0.1, 0.15) is 48.5 Å². The Hall–Kier alpha value is -2.32. The number of esters is 2. The number of amides is 3. The molecule has 3 heterocycles. The quantitative estimate of drug-likeness (QED) is 0.269. The van der Waals surface area contributed by atoms with Crippen molar-refractivity contribution in [2.24, 2.45) is 0 Å². The van der Waals surface area contributed by atoms with Crippen molar-refractivity contribution in [1.29, 1.82) is 0 Å². The van der Waals surface area contributed by atoms with E-state index in [0.29, 0.717) is 4.91 Å². The fourth-order valence-corrected chi connectivity index (χ4v) is 7.06. The third-order valence-corrected chi connectivity index (χ3v) is 8.58. The summed E-state index contributed by atoms with van der Waals surface area (Å²) in [5, 5.41) is 6.53. The molecule has 0 spiro atoms. The molecule has 14 heteroatoms. The number of β-lactam (4-membered cyclic amide) rings is 1. The number of hydrogen-bond donors (Lipinski definition) is 2.